The molecule has 6 heteroatoms. The molecule has 0 heterocycles. The van der Waals surface area contributed by atoms with Crippen LogP contribution in [0.2, 0.25) is 0 Å². The molecule has 0 bridgehead atoms. The van der Waals surface area contributed by atoms with Crippen LogP contribution in [0, 0.1) is 6.92 Å². The third-order valence-electron chi connectivity index (χ3n) is 4.01. The predicted molar refractivity (Wildman–Crippen MR) is 102 cm³/mol. The summed E-state index contributed by atoms with van der Waals surface area (Å²) < 4.78 is 33.0. The number of rotatable bonds is 9. The van der Waals surface area contributed by atoms with Crippen molar-refractivity contribution in [2.45, 2.75) is 25.7 Å². The molecule has 0 fully saturated rings. The van der Waals surface area contributed by atoms with E-state index in [-0.39, 0.29) is 4.90 Å². The smallest absolute Gasteiger partial charge is 0.261 e. The number of hydrogen-bond donors (Lipinski definition) is 1. The number of likely N-dealkylation sites (N-methyl/N-ethyl adjacent to an activating group) is 1. The average Bonchev–Trinajstić information content (AvgIpc) is 2.60. The van der Waals surface area contributed by atoms with Crippen LogP contribution in [0.5, 0.6) is 5.75 Å². The van der Waals surface area contributed by atoms with Crippen LogP contribution in [-0.2, 0) is 10.0 Å². The van der Waals surface area contributed by atoms with Gasteiger partial charge in [-0.2, -0.15) is 0 Å². The molecule has 2 aromatic rings. The largest absolute Gasteiger partial charge is 0.492 e. The van der Waals surface area contributed by atoms with Crippen molar-refractivity contribution in [1.29, 1.82) is 0 Å². The SMILES string of the molecule is CCN(CC)CCOc1ccc(NS(=O)(=O)c2ccc(C)cc2)cc1. The Bertz CT molecular complexity index is 752. The molecule has 0 spiro atoms. The molecule has 0 radical (unpaired) electrons. The van der Waals surface area contributed by atoms with Gasteiger partial charge in [-0.1, -0.05) is 31.5 Å². The maximum Gasteiger partial charge on any atom is 0.261 e. The molecule has 2 rings (SSSR count). The van der Waals surface area contributed by atoms with E-state index in [1.54, 1.807) is 48.5 Å². The van der Waals surface area contributed by atoms with Gasteiger partial charge in [-0.3, -0.25) is 4.72 Å². The van der Waals surface area contributed by atoms with E-state index in [2.05, 4.69) is 23.5 Å². The van der Waals surface area contributed by atoms with E-state index in [1.165, 1.54) is 0 Å². The van der Waals surface area contributed by atoms with Gasteiger partial charge < -0.3 is 9.64 Å². The Morgan fingerprint density at radius 3 is 2.12 bits per heavy atom. The maximum absolute atomic E-state index is 12.4. The highest BCUT2D eigenvalue weighted by Crippen LogP contribution is 2.19. The minimum Gasteiger partial charge on any atom is -0.492 e. The van der Waals surface area contributed by atoms with E-state index in [1.807, 2.05) is 6.92 Å². The molecule has 1 N–H and O–H groups in total. The highest BCUT2D eigenvalue weighted by atomic mass is 32.2. The Morgan fingerprint density at radius 2 is 1.56 bits per heavy atom. The summed E-state index contributed by atoms with van der Waals surface area (Å²) in [6.45, 7) is 9.64. The van der Waals surface area contributed by atoms with Crippen LogP contribution in [0.4, 0.5) is 5.69 Å². The zero-order chi connectivity index (χ0) is 18.3. The van der Waals surface area contributed by atoms with Crippen molar-refractivity contribution in [3.05, 3.63) is 54.1 Å². The van der Waals surface area contributed by atoms with Crippen molar-refractivity contribution in [3.63, 3.8) is 0 Å². The van der Waals surface area contributed by atoms with Crippen molar-refractivity contribution >= 4 is 15.7 Å². The van der Waals surface area contributed by atoms with Crippen molar-refractivity contribution in [1.82, 2.24) is 4.90 Å². The van der Waals surface area contributed by atoms with Crippen molar-refractivity contribution in [2.75, 3.05) is 31.0 Å². The molecule has 136 valence electrons. The maximum atomic E-state index is 12.4. The summed E-state index contributed by atoms with van der Waals surface area (Å²) >= 11 is 0. The molecule has 0 aromatic heterocycles. The van der Waals surface area contributed by atoms with E-state index in [4.69, 9.17) is 4.74 Å². The van der Waals surface area contributed by atoms with Crippen LogP contribution in [0.3, 0.4) is 0 Å². The number of nitrogens with one attached hydrogen (secondary N) is 1. The average molecular weight is 362 g/mol. The van der Waals surface area contributed by atoms with E-state index in [0.29, 0.717) is 12.3 Å². The highest BCUT2D eigenvalue weighted by molar-refractivity contribution is 7.92. The van der Waals surface area contributed by atoms with E-state index >= 15 is 0 Å². The summed E-state index contributed by atoms with van der Waals surface area (Å²) in [5.41, 5.74) is 1.53. The summed E-state index contributed by atoms with van der Waals surface area (Å²) in [4.78, 5) is 2.53. The summed E-state index contributed by atoms with van der Waals surface area (Å²) in [5, 5.41) is 0. The fourth-order valence-corrected chi connectivity index (χ4v) is 3.44. The molecule has 0 saturated carbocycles. The summed E-state index contributed by atoms with van der Waals surface area (Å²) in [5.74, 6) is 0.727. The third kappa shape index (κ3) is 5.76. The first-order valence-corrected chi connectivity index (χ1v) is 9.97. The van der Waals surface area contributed by atoms with Crippen molar-refractivity contribution in [2.24, 2.45) is 0 Å². The van der Waals surface area contributed by atoms with Gasteiger partial charge in [-0.15, -0.1) is 0 Å². The lowest BCUT2D eigenvalue weighted by Crippen LogP contribution is -2.27. The quantitative estimate of drug-likeness (QED) is 0.741. The summed E-state index contributed by atoms with van der Waals surface area (Å²) in [7, 11) is -3.58. The first-order chi connectivity index (χ1) is 11.9. The van der Waals surface area contributed by atoms with Gasteiger partial charge in [0.05, 0.1) is 4.90 Å². The Balaban J connectivity index is 1.94. The Hall–Kier alpha value is -2.05. The zero-order valence-corrected chi connectivity index (χ0v) is 15.8. The topological polar surface area (TPSA) is 58.6 Å². The lowest BCUT2D eigenvalue weighted by molar-refractivity contribution is 0.223. The molecule has 0 atom stereocenters. The molecule has 0 aliphatic rings. The molecule has 0 unspecified atom stereocenters. The molecule has 0 saturated heterocycles. The van der Waals surface area contributed by atoms with Crippen LogP contribution in [0.15, 0.2) is 53.4 Å². The first-order valence-electron chi connectivity index (χ1n) is 8.49. The molecule has 25 heavy (non-hydrogen) atoms. The predicted octanol–water partition coefficient (Wildman–Crippen LogP) is 3.52. The van der Waals surface area contributed by atoms with Gasteiger partial charge in [0.1, 0.15) is 12.4 Å². The number of ether oxygens (including phenoxy) is 1. The molecule has 0 aliphatic heterocycles. The van der Waals surface area contributed by atoms with Crippen LogP contribution in [0.1, 0.15) is 19.4 Å². The van der Waals surface area contributed by atoms with Gasteiger partial charge in [0.2, 0.25) is 0 Å². The summed E-state index contributed by atoms with van der Waals surface area (Å²) in [6.07, 6.45) is 0. The van der Waals surface area contributed by atoms with E-state index in [0.717, 1.165) is 30.9 Å². The van der Waals surface area contributed by atoms with Gasteiger partial charge in [-0.25, -0.2) is 8.42 Å². The Labute approximate surface area is 150 Å². The Morgan fingerprint density at radius 1 is 0.960 bits per heavy atom. The fourth-order valence-electron chi connectivity index (χ4n) is 2.38. The first kappa shape index (κ1) is 19.3. The minimum atomic E-state index is -3.58. The second-order valence-corrected chi connectivity index (χ2v) is 7.50. The number of anilines is 1. The summed E-state index contributed by atoms with van der Waals surface area (Å²) in [6, 6.07) is 13.7. The molecular formula is C19H26N2O3S. The zero-order valence-electron chi connectivity index (χ0n) is 15.0. The second-order valence-electron chi connectivity index (χ2n) is 5.82. The van der Waals surface area contributed by atoms with E-state index in [9.17, 15) is 8.42 Å². The minimum absolute atomic E-state index is 0.248. The second kappa shape index (κ2) is 8.87. The van der Waals surface area contributed by atoms with Crippen LogP contribution < -0.4 is 9.46 Å². The van der Waals surface area contributed by atoms with Crippen LogP contribution in [-0.4, -0.2) is 39.6 Å². The number of benzene rings is 2. The number of aryl methyl sites for hydroxylation is 1. The molecule has 2 aromatic carbocycles. The van der Waals surface area contributed by atoms with Gasteiger partial charge >= 0.3 is 0 Å². The van der Waals surface area contributed by atoms with Crippen molar-refractivity contribution < 1.29 is 13.2 Å². The molecule has 5 nitrogen and oxygen atoms in total. The Kier molecular flexibility index (Phi) is 6.84. The van der Waals surface area contributed by atoms with Gasteiger partial charge in [0, 0.05) is 12.2 Å². The van der Waals surface area contributed by atoms with Gasteiger partial charge in [0.15, 0.2) is 0 Å². The highest BCUT2D eigenvalue weighted by Gasteiger charge is 2.13. The van der Waals surface area contributed by atoms with Gasteiger partial charge in [0.25, 0.3) is 10.0 Å². The normalized spacial score (nSPS) is 11.5. The number of nitrogens with zero attached hydrogens (tertiary/aromatic N) is 1. The van der Waals surface area contributed by atoms with Gasteiger partial charge in [-0.05, 0) is 56.4 Å². The lowest BCUT2D eigenvalue weighted by atomic mass is 10.2. The lowest BCUT2D eigenvalue weighted by Gasteiger charge is -2.18. The molecule has 0 amide bonds. The van der Waals surface area contributed by atoms with Crippen LogP contribution in [0.25, 0.3) is 0 Å². The van der Waals surface area contributed by atoms with Crippen LogP contribution >= 0.6 is 0 Å². The molecular weight excluding hydrogens is 336 g/mol. The number of hydrogen-bond acceptors (Lipinski definition) is 4. The monoisotopic (exact) mass is 362 g/mol. The van der Waals surface area contributed by atoms with Crippen molar-refractivity contribution in [3.8, 4) is 5.75 Å². The molecule has 0 aliphatic carbocycles. The standard InChI is InChI=1S/C19H26N2O3S/c1-4-21(5-2)14-15-24-18-10-8-17(9-11-18)20-25(22,23)19-12-6-16(3)7-13-19/h6-13,20H,4-5,14-15H2,1-3H3. The third-order valence-corrected chi connectivity index (χ3v) is 5.41. The fraction of sp³-hybridized carbons (Fsp3) is 0.368. The number of sulfonamides is 1. The van der Waals surface area contributed by atoms with E-state index < -0.39 is 10.0 Å².